The molecule has 1 aliphatic carbocycles. The molecule has 3 unspecified atom stereocenters. The highest BCUT2D eigenvalue weighted by Gasteiger charge is 2.53. The van der Waals surface area contributed by atoms with Crippen molar-refractivity contribution in [1.82, 2.24) is 24.5 Å². The van der Waals surface area contributed by atoms with Crippen LogP contribution in [-0.2, 0) is 23.3 Å². The Morgan fingerprint density at radius 3 is 2.80 bits per heavy atom. The van der Waals surface area contributed by atoms with Gasteiger partial charge in [0.2, 0.25) is 5.95 Å². The van der Waals surface area contributed by atoms with E-state index in [-0.39, 0.29) is 12.0 Å². The second kappa shape index (κ2) is 8.10. The molecule has 35 heavy (non-hydrogen) atoms. The third kappa shape index (κ3) is 3.20. The summed E-state index contributed by atoms with van der Waals surface area (Å²) in [6.07, 6.45) is 9.02. The maximum atomic E-state index is 10.0. The molecule has 2 aliphatic heterocycles. The first-order chi connectivity index (χ1) is 17.2. The maximum absolute atomic E-state index is 10.0. The second-order valence-corrected chi connectivity index (χ2v) is 9.93. The highest BCUT2D eigenvalue weighted by atomic mass is 16.5. The molecule has 1 fully saturated rings. The standard InChI is InChI=1S/C27H28N6O2/c34-20-6-4-11-32(12-9-20)26-29-14-19(15-30-26)22-13-18-5-1-2-7-21(18)27(22)17-35-16-24-31-23-8-3-10-28-25(23)33(24)27/h1-3,5,7-8,10,14-15,20,22,34H,4,6,9,11-13,16-17H2. The monoisotopic (exact) mass is 468 g/mol. The Morgan fingerprint density at radius 1 is 1.00 bits per heavy atom. The molecule has 3 aliphatic rings. The van der Waals surface area contributed by atoms with Crippen LogP contribution < -0.4 is 4.90 Å². The number of nitrogens with zero attached hydrogens (tertiary/aromatic N) is 6. The zero-order valence-corrected chi connectivity index (χ0v) is 19.5. The van der Waals surface area contributed by atoms with Crippen molar-refractivity contribution in [3.05, 3.63) is 77.5 Å². The first kappa shape index (κ1) is 21.0. The van der Waals surface area contributed by atoms with E-state index in [1.165, 1.54) is 11.1 Å². The van der Waals surface area contributed by atoms with Crippen molar-refractivity contribution >= 4 is 17.1 Å². The molecule has 0 bridgehead atoms. The van der Waals surface area contributed by atoms with Gasteiger partial charge in [-0.15, -0.1) is 0 Å². The summed E-state index contributed by atoms with van der Waals surface area (Å²) in [5.74, 6) is 1.74. The molecule has 178 valence electrons. The molecule has 3 atom stereocenters. The van der Waals surface area contributed by atoms with E-state index in [1.54, 1.807) is 0 Å². The average molecular weight is 469 g/mol. The number of aromatic nitrogens is 5. The van der Waals surface area contributed by atoms with Crippen LogP contribution in [0.25, 0.3) is 11.2 Å². The van der Waals surface area contributed by atoms with E-state index in [4.69, 9.17) is 24.7 Å². The number of ether oxygens (including phenoxy) is 1. The molecule has 1 saturated heterocycles. The van der Waals surface area contributed by atoms with Crippen LogP contribution in [0, 0.1) is 0 Å². The normalized spacial score (nSPS) is 26.0. The van der Waals surface area contributed by atoms with E-state index in [9.17, 15) is 5.11 Å². The third-order valence-electron chi connectivity index (χ3n) is 7.96. The van der Waals surface area contributed by atoms with Crippen LogP contribution in [0.4, 0.5) is 5.95 Å². The molecule has 0 amide bonds. The molecule has 1 aromatic carbocycles. The number of aliphatic hydroxyl groups excluding tert-OH is 1. The lowest BCUT2D eigenvalue weighted by Gasteiger charge is -2.41. The van der Waals surface area contributed by atoms with E-state index in [1.807, 2.05) is 30.7 Å². The van der Waals surface area contributed by atoms with Gasteiger partial charge in [-0.25, -0.2) is 19.9 Å². The Balaban J connectivity index is 1.34. The summed E-state index contributed by atoms with van der Waals surface area (Å²) in [6, 6.07) is 12.6. The summed E-state index contributed by atoms with van der Waals surface area (Å²) >= 11 is 0. The Hall–Kier alpha value is -3.36. The van der Waals surface area contributed by atoms with E-state index in [0.717, 1.165) is 67.3 Å². The number of rotatable bonds is 2. The molecule has 1 N–H and O–H groups in total. The fourth-order valence-corrected chi connectivity index (χ4v) is 6.34. The van der Waals surface area contributed by atoms with Gasteiger partial charge in [0, 0.05) is 37.6 Å². The zero-order valence-electron chi connectivity index (χ0n) is 19.5. The number of aliphatic hydroxyl groups is 1. The minimum absolute atomic E-state index is 0.0957. The number of anilines is 1. The Kier molecular flexibility index (Phi) is 4.85. The Morgan fingerprint density at radius 2 is 1.89 bits per heavy atom. The molecular weight excluding hydrogens is 440 g/mol. The number of hydrogen-bond acceptors (Lipinski definition) is 7. The molecule has 1 spiro atoms. The maximum Gasteiger partial charge on any atom is 0.225 e. The fourth-order valence-electron chi connectivity index (χ4n) is 6.34. The largest absolute Gasteiger partial charge is 0.393 e. The van der Waals surface area contributed by atoms with E-state index >= 15 is 0 Å². The van der Waals surface area contributed by atoms with E-state index < -0.39 is 5.54 Å². The Labute approximate surface area is 203 Å². The SMILES string of the molecule is OC1CCCN(c2ncc(C3Cc4ccccc4C34COCc3nc5cccnc5n34)cn2)CC1. The van der Waals surface area contributed by atoms with Gasteiger partial charge in [-0.1, -0.05) is 24.3 Å². The summed E-state index contributed by atoms with van der Waals surface area (Å²) in [6.45, 7) is 2.68. The lowest BCUT2D eigenvalue weighted by atomic mass is 9.79. The number of hydrogen-bond donors (Lipinski definition) is 1. The van der Waals surface area contributed by atoms with Crippen molar-refractivity contribution in [3.8, 4) is 0 Å². The molecule has 5 heterocycles. The van der Waals surface area contributed by atoms with Crippen LogP contribution in [0.5, 0.6) is 0 Å². The number of imidazole rings is 1. The zero-order chi connectivity index (χ0) is 23.4. The van der Waals surface area contributed by atoms with E-state index in [0.29, 0.717) is 13.2 Å². The summed E-state index contributed by atoms with van der Waals surface area (Å²) in [5, 5.41) is 10.0. The first-order valence-corrected chi connectivity index (χ1v) is 12.5. The van der Waals surface area contributed by atoms with Gasteiger partial charge in [-0.2, -0.15) is 0 Å². The molecule has 0 radical (unpaired) electrons. The number of benzene rings is 1. The predicted molar refractivity (Wildman–Crippen MR) is 131 cm³/mol. The molecule has 3 aromatic heterocycles. The van der Waals surface area contributed by atoms with Crippen molar-refractivity contribution in [2.24, 2.45) is 0 Å². The highest BCUT2D eigenvalue weighted by molar-refractivity contribution is 5.73. The lowest BCUT2D eigenvalue weighted by molar-refractivity contribution is 0.0141. The average Bonchev–Trinajstić information content (AvgIpc) is 3.34. The number of pyridine rings is 1. The van der Waals surface area contributed by atoms with E-state index in [2.05, 4.69) is 33.7 Å². The van der Waals surface area contributed by atoms with Crippen LogP contribution >= 0.6 is 0 Å². The predicted octanol–water partition coefficient (Wildman–Crippen LogP) is 3.19. The lowest BCUT2D eigenvalue weighted by Crippen LogP contribution is -2.46. The molecule has 8 nitrogen and oxygen atoms in total. The second-order valence-electron chi connectivity index (χ2n) is 9.93. The minimum atomic E-state index is -0.454. The molecule has 7 rings (SSSR count). The highest BCUT2D eigenvalue weighted by Crippen LogP contribution is 2.52. The third-order valence-corrected chi connectivity index (χ3v) is 7.96. The van der Waals surface area contributed by atoms with Gasteiger partial charge >= 0.3 is 0 Å². The van der Waals surface area contributed by atoms with Gasteiger partial charge in [0.1, 0.15) is 23.5 Å². The first-order valence-electron chi connectivity index (χ1n) is 12.5. The van der Waals surface area contributed by atoms with Crippen LogP contribution in [0.1, 0.15) is 47.7 Å². The van der Waals surface area contributed by atoms with Crippen molar-refractivity contribution in [1.29, 1.82) is 0 Å². The number of fused-ring (bicyclic) bond motifs is 6. The summed E-state index contributed by atoms with van der Waals surface area (Å²) in [5.41, 5.74) is 5.01. The van der Waals surface area contributed by atoms with Gasteiger partial charge in [0.05, 0.1) is 12.7 Å². The van der Waals surface area contributed by atoms with Crippen LogP contribution in [0.3, 0.4) is 0 Å². The Bertz CT molecular complexity index is 1390. The quantitative estimate of drug-likeness (QED) is 0.483. The molecular formula is C27H28N6O2. The summed E-state index contributed by atoms with van der Waals surface area (Å²) in [4.78, 5) is 21.4. The van der Waals surface area contributed by atoms with Crippen molar-refractivity contribution < 1.29 is 9.84 Å². The van der Waals surface area contributed by atoms with Crippen molar-refractivity contribution in [3.63, 3.8) is 0 Å². The topological polar surface area (TPSA) is 89.2 Å². The van der Waals surface area contributed by atoms with Crippen molar-refractivity contribution in [2.45, 2.75) is 49.9 Å². The molecule has 4 aromatic rings. The molecule has 0 saturated carbocycles. The van der Waals surface area contributed by atoms with Gasteiger partial charge in [-0.05, 0) is 54.5 Å². The smallest absolute Gasteiger partial charge is 0.225 e. The van der Waals surface area contributed by atoms with Crippen LogP contribution in [-0.4, -0.2) is 55.4 Å². The van der Waals surface area contributed by atoms with Gasteiger partial charge < -0.3 is 14.7 Å². The van der Waals surface area contributed by atoms with Gasteiger partial charge in [0.25, 0.3) is 0 Å². The van der Waals surface area contributed by atoms with Crippen LogP contribution in [0.15, 0.2) is 55.0 Å². The van der Waals surface area contributed by atoms with Gasteiger partial charge in [-0.3, -0.25) is 4.57 Å². The van der Waals surface area contributed by atoms with Crippen molar-refractivity contribution in [2.75, 3.05) is 24.6 Å². The molecule has 8 heteroatoms. The summed E-state index contributed by atoms with van der Waals surface area (Å²) in [7, 11) is 0. The summed E-state index contributed by atoms with van der Waals surface area (Å²) < 4.78 is 8.56. The van der Waals surface area contributed by atoms with Gasteiger partial charge in [0.15, 0.2) is 5.65 Å². The fraction of sp³-hybridized carbons (Fsp3) is 0.407. The minimum Gasteiger partial charge on any atom is -0.393 e. The van der Waals surface area contributed by atoms with Crippen LogP contribution in [0.2, 0.25) is 0 Å².